The molecule has 49 heavy (non-hydrogen) atoms. The first-order valence-electron chi connectivity index (χ1n) is 19.4. The summed E-state index contributed by atoms with van der Waals surface area (Å²) in [5.41, 5.74) is 0. The molecule has 0 radical (unpaired) electrons. The van der Waals surface area contributed by atoms with E-state index in [2.05, 4.69) is 13.8 Å². The molecule has 0 aliphatic rings. The number of carboxylic acid groups (broad SMARTS) is 2. The number of unbranched alkanes of at least 4 members (excludes halogenated alkanes) is 24. The minimum atomic E-state index is -1.23. The molecule has 0 bridgehead atoms. The van der Waals surface area contributed by atoms with Gasteiger partial charge in [0, 0.05) is 11.9 Å². The molecule has 0 N–H and O–H groups in total. The molecular weight excluding hydrogens is 674 g/mol. The summed E-state index contributed by atoms with van der Waals surface area (Å²) in [5, 5.41) is 20.4. The van der Waals surface area contributed by atoms with Gasteiger partial charge in [-0.3, -0.25) is 9.59 Å². The molecule has 0 aromatic rings. The molecule has 0 saturated carbocycles. The van der Waals surface area contributed by atoms with Gasteiger partial charge in [-0.05, 0) is 50.7 Å². The van der Waals surface area contributed by atoms with Crippen LogP contribution < -0.4 is 10.2 Å². The fraction of sp³-hybridized carbons (Fsp3) is 0.800. The predicted molar refractivity (Wildman–Crippen MR) is 190 cm³/mol. The fourth-order valence-electron chi connectivity index (χ4n) is 5.12. The molecule has 0 fully saturated rings. The molecule has 9 heteroatoms. The van der Waals surface area contributed by atoms with Gasteiger partial charge in [0.15, 0.2) is 0 Å². The van der Waals surface area contributed by atoms with E-state index < -0.39 is 23.9 Å². The second-order valence-corrected chi connectivity index (χ2v) is 12.8. The maximum absolute atomic E-state index is 11.1. The van der Waals surface area contributed by atoms with Crippen LogP contribution in [-0.4, -0.2) is 23.9 Å². The van der Waals surface area contributed by atoms with Crippen LogP contribution in [0.1, 0.15) is 206 Å². The van der Waals surface area contributed by atoms with Crippen LogP contribution in [0.25, 0.3) is 0 Å². The van der Waals surface area contributed by atoms with E-state index in [1.807, 2.05) is 12.2 Å². The van der Waals surface area contributed by atoms with Crippen LogP contribution in [0.4, 0.5) is 0 Å². The van der Waals surface area contributed by atoms with E-state index in [1.54, 1.807) is 0 Å². The quantitative estimate of drug-likeness (QED) is 0.0276. The van der Waals surface area contributed by atoms with Gasteiger partial charge in [0.1, 0.15) is 0 Å². The Kier molecular flexibility index (Phi) is 46.1. The summed E-state index contributed by atoms with van der Waals surface area (Å²) >= 11 is 0. The molecule has 0 saturated heterocycles. The van der Waals surface area contributed by atoms with Crippen LogP contribution >= 0.6 is 0 Å². The first-order chi connectivity index (χ1) is 23.3. The Morgan fingerprint density at radius 2 is 0.653 bits per heavy atom. The van der Waals surface area contributed by atoms with Crippen molar-refractivity contribution in [2.24, 2.45) is 0 Å². The van der Waals surface area contributed by atoms with E-state index >= 15 is 0 Å². The predicted octanol–water partition coefficient (Wildman–Crippen LogP) is 9.33. The first-order valence-corrected chi connectivity index (χ1v) is 19.4. The van der Waals surface area contributed by atoms with Crippen LogP contribution in [0, 0.1) is 0 Å². The number of ether oxygens (including phenoxy) is 2. The number of aliphatic carboxylic acids is 2. The minimum absolute atomic E-state index is 0. The largest absolute Gasteiger partial charge is 2.00 e. The third kappa shape index (κ3) is 50.5. The monoisotopic (exact) mass is 742 g/mol. The van der Waals surface area contributed by atoms with Crippen LogP contribution in [0.5, 0.6) is 0 Å². The smallest absolute Gasteiger partial charge is 0.550 e. The van der Waals surface area contributed by atoms with Crippen molar-refractivity contribution in [1.29, 1.82) is 0 Å². The SMILES string of the molecule is CCCCCCCCCCCCCCC=COC(=O)CCC(=O)[O-].CCCCCCCCCCCCCCC=COC(=O)CCC(=O)[O-].[Zn+2]. The standard InChI is InChI=1S/2C20H36O4.Zn/c2*1-2-3-4-5-6-7-8-9-10-11-12-13-14-15-18-24-20(23)17-16-19(21)22;/h2*15,18H,2-14,16-17H2,1H3,(H,21,22);/q;;+2/p-2. The van der Waals surface area contributed by atoms with E-state index in [0.29, 0.717) is 0 Å². The second-order valence-electron chi connectivity index (χ2n) is 12.8. The molecule has 280 valence electrons. The van der Waals surface area contributed by atoms with Gasteiger partial charge in [-0.15, -0.1) is 0 Å². The molecule has 0 heterocycles. The van der Waals surface area contributed by atoms with E-state index in [-0.39, 0.29) is 45.2 Å². The van der Waals surface area contributed by atoms with Crippen molar-refractivity contribution in [1.82, 2.24) is 0 Å². The molecule has 0 aliphatic heterocycles. The zero-order valence-electron chi connectivity index (χ0n) is 31.5. The minimum Gasteiger partial charge on any atom is -0.550 e. The van der Waals surface area contributed by atoms with Crippen molar-refractivity contribution < 1.29 is 58.3 Å². The van der Waals surface area contributed by atoms with Crippen LogP contribution in [0.2, 0.25) is 0 Å². The average Bonchev–Trinajstić information content (AvgIpc) is 3.06. The molecule has 0 unspecified atom stereocenters. The maximum Gasteiger partial charge on any atom is 2.00 e. The summed E-state index contributed by atoms with van der Waals surface area (Å²) in [6.07, 6.45) is 39.1. The Hall–Kier alpha value is -2.02. The third-order valence-electron chi connectivity index (χ3n) is 8.11. The molecule has 8 nitrogen and oxygen atoms in total. The van der Waals surface area contributed by atoms with E-state index in [4.69, 9.17) is 9.47 Å². The van der Waals surface area contributed by atoms with Gasteiger partial charge < -0.3 is 29.3 Å². The zero-order chi connectivity index (χ0) is 35.8. The van der Waals surface area contributed by atoms with Crippen molar-refractivity contribution in [2.75, 3.05) is 0 Å². The second kappa shape index (κ2) is 44.0. The first kappa shape index (κ1) is 51.4. The van der Waals surface area contributed by atoms with Gasteiger partial charge >= 0.3 is 31.4 Å². The van der Waals surface area contributed by atoms with Crippen molar-refractivity contribution in [3.8, 4) is 0 Å². The molecular formula is C40H70O8Zn. The van der Waals surface area contributed by atoms with E-state index in [0.717, 1.165) is 25.7 Å². The van der Waals surface area contributed by atoms with Crippen LogP contribution in [0.15, 0.2) is 24.7 Å². The number of hydrogen-bond acceptors (Lipinski definition) is 8. The van der Waals surface area contributed by atoms with Crippen LogP contribution in [0.3, 0.4) is 0 Å². The average molecular weight is 744 g/mol. The van der Waals surface area contributed by atoms with Crippen molar-refractivity contribution in [2.45, 2.75) is 206 Å². The molecule has 0 atom stereocenters. The number of rotatable bonds is 34. The normalized spacial score (nSPS) is 10.8. The van der Waals surface area contributed by atoms with Crippen molar-refractivity contribution in [3.63, 3.8) is 0 Å². The molecule has 0 aromatic carbocycles. The number of hydrogen-bond donors (Lipinski definition) is 0. The van der Waals surface area contributed by atoms with Gasteiger partial charge in [0.05, 0.1) is 25.4 Å². The molecule has 0 amide bonds. The zero-order valence-corrected chi connectivity index (χ0v) is 34.5. The number of esters is 2. The summed E-state index contributed by atoms with van der Waals surface area (Å²) in [6, 6.07) is 0. The van der Waals surface area contributed by atoms with Crippen molar-refractivity contribution >= 4 is 23.9 Å². The molecule has 0 spiro atoms. The van der Waals surface area contributed by atoms with Crippen LogP contribution in [-0.2, 0) is 48.1 Å². The number of carbonyl (C=O) groups is 4. The van der Waals surface area contributed by atoms with Gasteiger partial charge in [-0.1, -0.05) is 155 Å². The molecule has 0 aliphatic carbocycles. The Bertz CT molecular complexity index is 746. The Morgan fingerprint density at radius 3 is 0.898 bits per heavy atom. The van der Waals surface area contributed by atoms with Gasteiger partial charge in [-0.25, -0.2) is 0 Å². The Morgan fingerprint density at radius 1 is 0.408 bits per heavy atom. The molecule has 0 aromatic heterocycles. The van der Waals surface area contributed by atoms with E-state index in [1.165, 1.54) is 154 Å². The Labute approximate surface area is 312 Å². The van der Waals surface area contributed by atoms with Gasteiger partial charge in [0.25, 0.3) is 0 Å². The van der Waals surface area contributed by atoms with Crippen molar-refractivity contribution in [3.05, 3.63) is 24.7 Å². The summed E-state index contributed by atoms with van der Waals surface area (Å²) in [7, 11) is 0. The Balaban J connectivity index is -0.000000846. The number of carboxylic acids is 2. The van der Waals surface area contributed by atoms with E-state index in [9.17, 15) is 29.4 Å². The summed E-state index contributed by atoms with van der Waals surface area (Å²) in [6.45, 7) is 4.51. The fourth-order valence-corrected chi connectivity index (χ4v) is 5.12. The molecule has 0 rings (SSSR count). The third-order valence-corrected chi connectivity index (χ3v) is 8.11. The maximum atomic E-state index is 11.1. The number of carbonyl (C=O) groups excluding carboxylic acids is 4. The summed E-state index contributed by atoms with van der Waals surface area (Å²) < 4.78 is 9.58. The summed E-state index contributed by atoms with van der Waals surface area (Å²) in [5.74, 6) is -3.50. The van der Waals surface area contributed by atoms with Gasteiger partial charge in [-0.2, -0.15) is 0 Å². The summed E-state index contributed by atoms with van der Waals surface area (Å²) in [4.78, 5) is 42.6. The topological polar surface area (TPSA) is 133 Å². The van der Waals surface area contributed by atoms with Gasteiger partial charge in [0.2, 0.25) is 0 Å². The number of allylic oxidation sites excluding steroid dienone is 2.